The molecule has 1 N–H and O–H groups in total. The average Bonchev–Trinajstić information content (AvgIpc) is 3.08. The monoisotopic (exact) mass is 456 g/mol. The van der Waals surface area contributed by atoms with Crippen molar-refractivity contribution in [3.8, 4) is 0 Å². The van der Waals surface area contributed by atoms with Crippen molar-refractivity contribution >= 4 is 5.78 Å². The molecule has 2 nitrogen and oxygen atoms in total. The lowest BCUT2D eigenvalue weighted by Crippen LogP contribution is -2.64. The number of fused-ring (bicyclic) bond motifs is 5. The Labute approximate surface area is 204 Å². The fourth-order valence-corrected chi connectivity index (χ4v) is 10.1. The number of hydrogen-bond acceptors (Lipinski definition) is 2. The normalized spacial score (nSPS) is 46.3. The Morgan fingerprint density at radius 1 is 1.03 bits per heavy atom. The quantitative estimate of drug-likeness (QED) is 0.426. The highest BCUT2D eigenvalue weighted by molar-refractivity contribution is 5.84. The van der Waals surface area contributed by atoms with Crippen LogP contribution in [0.15, 0.2) is 12.2 Å². The molecule has 4 saturated carbocycles. The van der Waals surface area contributed by atoms with Crippen molar-refractivity contribution in [2.75, 3.05) is 0 Å². The molecule has 0 unspecified atom stereocenters. The van der Waals surface area contributed by atoms with Crippen LogP contribution >= 0.6 is 0 Å². The van der Waals surface area contributed by atoms with E-state index in [1.807, 2.05) is 6.92 Å². The summed E-state index contributed by atoms with van der Waals surface area (Å²) >= 11 is 0. The summed E-state index contributed by atoms with van der Waals surface area (Å²) in [4.78, 5) is 14.0. The highest BCUT2D eigenvalue weighted by Gasteiger charge is 2.70. The van der Waals surface area contributed by atoms with Gasteiger partial charge in [0.2, 0.25) is 0 Å². The van der Waals surface area contributed by atoms with Crippen LogP contribution in [0.5, 0.6) is 0 Å². The zero-order valence-electron chi connectivity index (χ0n) is 23.0. The Hall–Kier alpha value is -0.630. The van der Waals surface area contributed by atoms with Gasteiger partial charge in [-0.3, -0.25) is 4.79 Å². The minimum atomic E-state index is -0.799. The van der Waals surface area contributed by atoms with E-state index in [2.05, 4.69) is 55.0 Å². The maximum Gasteiger partial charge on any atom is 0.137 e. The van der Waals surface area contributed by atoms with Gasteiger partial charge in [0.25, 0.3) is 0 Å². The van der Waals surface area contributed by atoms with Crippen molar-refractivity contribution < 1.29 is 9.90 Å². The number of allylic oxidation sites excluding steroid dienone is 1. The molecule has 0 aromatic heterocycles. The van der Waals surface area contributed by atoms with Gasteiger partial charge in [0.1, 0.15) is 5.78 Å². The van der Waals surface area contributed by atoms with E-state index in [4.69, 9.17) is 0 Å². The van der Waals surface area contributed by atoms with Crippen LogP contribution in [0.4, 0.5) is 0 Å². The number of rotatable bonds is 5. The first kappa shape index (κ1) is 25.5. The summed E-state index contributed by atoms with van der Waals surface area (Å²) in [5, 5.41) is 11.7. The molecule has 0 bridgehead atoms. The number of Topliss-reactive ketones (excluding diaryl/α,β-unsaturated/α-hetero) is 1. The maximum atomic E-state index is 14.0. The second-order valence-corrected chi connectivity index (χ2v) is 14.8. The molecule has 0 aromatic carbocycles. The predicted molar refractivity (Wildman–Crippen MR) is 138 cm³/mol. The van der Waals surface area contributed by atoms with E-state index in [0.29, 0.717) is 23.0 Å². The zero-order chi connectivity index (χ0) is 24.6. The maximum absolute atomic E-state index is 14.0. The van der Waals surface area contributed by atoms with E-state index in [9.17, 15) is 9.90 Å². The van der Waals surface area contributed by atoms with Gasteiger partial charge in [-0.05, 0) is 104 Å². The van der Waals surface area contributed by atoms with E-state index in [-0.39, 0.29) is 28.1 Å². The molecule has 4 fully saturated rings. The number of aliphatic hydroxyl groups is 1. The van der Waals surface area contributed by atoms with Crippen LogP contribution < -0.4 is 0 Å². The van der Waals surface area contributed by atoms with Crippen LogP contribution in [-0.2, 0) is 4.79 Å². The molecule has 0 amide bonds. The van der Waals surface area contributed by atoms with Gasteiger partial charge in [-0.1, -0.05) is 67.0 Å². The van der Waals surface area contributed by atoms with E-state index in [0.717, 1.165) is 38.0 Å². The lowest BCUT2D eigenvalue weighted by molar-refractivity contribution is -0.206. The van der Waals surface area contributed by atoms with E-state index >= 15 is 0 Å². The molecule has 188 valence electrons. The molecule has 4 aliphatic rings. The van der Waals surface area contributed by atoms with Crippen molar-refractivity contribution in [2.45, 2.75) is 125 Å². The molecule has 0 saturated heterocycles. The smallest absolute Gasteiger partial charge is 0.137 e. The Bertz CT molecular complexity index is 806. The first-order chi connectivity index (χ1) is 15.1. The Kier molecular flexibility index (Phi) is 6.13. The van der Waals surface area contributed by atoms with E-state index < -0.39 is 5.60 Å². The van der Waals surface area contributed by atoms with Crippen molar-refractivity contribution in [1.82, 2.24) is 0 Å². The third kappa shape index (κ3) is 3.63. The van der Waals surface area contributed by atoms with E-state index in [1.54, 1.807) is 0 Å². The molecular formula is C31H52O2. The molecule has 2 heteroatoms. The van der Waals surface area contributed by atoms with Crippen LogP contribution in [0, 0.1) is 51.2 Å². The molecule has 0 aliphatic heterocycles. The minimum Gasteiger partial charge on any atom is -0.390 e. The molecule has 0 aromatic rings. The number of ketones is 1. The summed E-state index contributed by atoms with van der Waals surface area (Å²) < 4.78 is 0. The van der Waals surface area contributed by atoms with Crippen molar-refractivity contribution in [3.63, 3.8) is 0 Å². The summed E-state index contributed by atoms with van der Waals surface area (Å²) in [6.45, 7) is 23.1. The van der Waals surface area contributed by atoms with Crippen LogP contribution in [0.25, 0.3) is 0 Å². The summed E-state index contributed by atoms with van der Waals surface area (Å²) in [6, 6.07) is 0. The summed E-state index contributed by atoms with van der Waals surface area (Å²) in [6.07, 6.45) is 10.9. The van der Waals surface area contributed by atoms with E-state index in [1.165, 1.54) is 37.7 Å². The first-order valence-corrected chi connectivity index (χ1v) is 14.0. The number of hydrogen-bond donors (Lipinski definition) is 1. The van der Waals surface area contributed by atoms with Gasteiger partial charge in [-0.25, -0.2) is 0 Å². The predicted octanol–water partition coefficient (Wildman–Crippen LogP) is 7.98. The summed E-state index contributed by atoms with van der Waals surface area (Å²) in [5.41, 5.74) is 1.27. The third-order valence-electron chi connectivity index (χ3n) is 12.5. The average molecular weight is 457 g/mol. The van der Waals surface area contributed by atoms with Crippen LogP contribution in [0.3, 0.4) is 0 Å². The third-order valence-corrected chi connectivity index (χ3v) is 12.5. The fourth-order valence-electron chi connectivity index (χ4n) is 10.1. The van der Waals surface area contributed by atoms with Gasteiger partial charge < -0.3 is 5.11 Å². The van der Waals surface area contributed by atoms with Crippen molar-refractivity contribution in [3.05, 3.63) is 12.2 Å². The highest BCUT2D eigenvalue weighted by Crippen LogP contribution is 2.75. The van der Waals surface area contributed by atoms with Crippen molar-refractivity contribution in [1.29, 1.82) is 0 Å². The summed E-state index contributed by atoms with van der Waals surface area (Å²) in [7, 11) is 0. The molecule has 0 heterocycles. The Morgan fingerprint density at radius 3 is 2.30 bits per heavy atom. The van der Waals surface area contributed by atoms with Crippen LogP contribution in [0.1, 0.15) is 120 Å². The fraction of sp³-hybridized carbons (Fsp3) is 0.903. The first-order valence-electron chi connectivity index (χ1n) is 14.0. The van der Waals surface area contributed by atoms with Crippen LogP contribution in [0.2, 0.25) is 0 Å². The minimum absolute atomic E-state index is 0.00623. The molecule has 4 aliphatic carbocycles. The standard InChI is InChI=1S/C31H52O2/c1-20(2)21(3)11-18-31(9,33)22-12-16-30(8)26(22)23(32)19-25-28(6)15-10-14-27(4,5)24(28)13-17-29(25,30)7/h20,22,24-26,33H,3,10-19H2,1-2,4-9H3/t22-,24-,25+,26-,28-,29+,30+,31-/m0/s1. The molecule has 4 rings (SSSR count). The molecular weight excluding hydrogens is 404 g/mol. The summed E-state index contributed by atoms with van der Waals surface area (Å²) in [5.74, 6) is 2.23. The van der Waals surface area contributed by atoms with Crippen molar-refractivity contribution in [2.24, 2.45) is 51.2 Å². The Morgan fingerprint density at radius 2 is 1.67 bits per heavy atom. The van der Waals surface area contributed by atoms with Gasteiger partial charge in [0.15, 0.2) is 0 Å². The lowest BCUT2D eigenvalue weighted by atomic mass is 9.35. The van der Waals surface area contributed by atoms with Crippen LogP contribution in [-0.4, -0.2) is 16.5 Å². The lowest BCUT2D eigenvalue weighted by Gasteiger charge is -2.69. The van der Waals surface area contributed by atoms with Gasteiger partial charge >= 0.3 is 0 Å². The Balaban J connectivity index is 1.65. The molecule has 8 atom stereocenters. The number of carbonyl (C=O) groups excluding carboxylic acids is 1. The van der Waals surface area contributed by atoms with Gasteiger partial charge in [-0.15, -0.1) is 0 Å². The topological polar surface area (TPSA) is 37.3 Å². The largest absolute Gasteiger partial charge is 0.390 e. The highest BCUT2D eigenvalue weighted by atomic mass is 16.3. The molecule has 0 spiro atoms. The van der Waals surface area contributed by atoms with Gasteiger partial charge in [-0.2, -0.15) is 0 Å². The second kappa shape index (κ2) is 7.94. The van der Waals surface area contributed by atoms with Gasteiger partial charge in [0.05, 0.1) is 5.60 Å². The zero-order valence-corrected chi connectivity index (χ0v) is 23.0. The van der Waals surface area contributed by atoms with Gasteiger partial charge in [0, 0.05) is 12.3 Å². The molecule has 33 heavy (non-hydrogen) atoms. The number of carbonyl (C=O) groups is 1. The SMILES string of the molecule is C=C(CC[C@](C)(O)[C@H]1CC[C@]2(C)[C@@H]1C(=O)C[C@@H]1[C@@]3(C)CCCC(C)(C)[C@@H]3CC[C@]12C)C(C)C. The second-order valence-electron chi connectivity index (χ2n) is 14.8. The molecule has 0 radical (unpaired) electrons.